The van der Waals surface area contributed by atoms with Gasteiger partial charge >= 0.3 is 0 Å². The maximum Gasteiger partial charge on any atom is 0.227 e. The topological polar surface area (TPSA) is 103 Å². The fraction of sp³-hybridized carbons (Fsp3) is 0.435. The molecule has 2 heterocycles. The van der Waals surface area contributed by atoms with E-state index in [0.717, 1.165) is 29.8 Å². The predicted molar refractivity (Wildman–Crippen MR) is 117 cm³/mol. The molecule has 3 aromatic rings. The number of hydrogen-bond acceptors (Lipinski definition) is 8. The predicted octanol–water partition coefficient (Wildman–Crippen LogP) is 4.74. The van der Waals surface area contributed by atoms with Gasteiger partial charge in [-0.3, -0.25) is 0 Å². The van der Waals surface area contributed by atoms with E-state index >= 15 is 0 Å². The fourth-order valence-corrected chi connectivity index (χ4v) is 4.14. The van der Waals surface area contributed by atoms with E-state index in [1.165, 1.54) is 19.3 Å². The Morgan fingerprint density at radius 3 is 2.45 bits per heavy atom. The Morgan fingerprint density at radius 1 is 1.10 bits per heavy atom. The van der Waals surface area contributed by atoms with Gasteiger partial charge in [-0.2, -0.15) is 0 Å². The van der Waals surface area contributed by atoms with Gasteiger partial charge < -0.3 is 24.4 Å². The number of ether oxygens (including phenoxy) is 2. The molecular weight excluding hydrogens is 396 g/mol. The van der Waals surface area contributed by atoms with Crippen molar-refractivity contribution in [2.24, 2.45) is 0 Å². The highest BCUT2D eigenvalue weighted by atomic mass is 16.5. The summed E-state index contributed by atoms with van der Waals surface area (Å²) in [6.07, 6.45) is 7.46. The van der Waals surface area contributed by atoms with E-state index in [9.17, 15) is 5.11 Å². The van der Waals surface area contributed by atoms with Crippen LogP contribution in [0.1, 0.15) is 55.0 Å². The van der Waals surface area contributed by atoms with Crippen LogP contribution in [0.15, 0.2) is 28.9 Å². The van der Waals surface area contributed by atoms with Crippen LogP contribution in [0.5, 0.6) is 11.5 Å². The normalized spacial score (nSPS) is 14.5. The van der Waals surface area contributed by atoms with Crippen LogP contribution in [0, 0.1) is 6.92 Å². The number of anilines is 2. The lowest BCUT2D eigenvalue weighted by atomic mass is 9.84. The molecule has 0 saturated heterocycles. The molecule has 8 heteroatoms. The zero-order valence-electron chi connectivity index (χ0n) is 18.1. The molecule has 8 nitrogen and oxygen atoms in total. The number of rotatable bonds is 7. The maximum atomic E-state index is 9.94. The molecule has 0 radical (unpaired) electrons. The third-order valence-corrected chi connectivity index (χ3v) is 5.76. The van der Waals surface area contributed by atoms with Gasteiger partial charge in [-0.25, -0.2) is 9.97 Å². The summed E-state index contributed by atoms with van der Waals surface area (Å²) in [5.74, 6) is 2.76. The summed E-state index contributed by atoms with van der Waals surface area (Å²) in [5, 5.41) is 17.5. The summed E-state index contributed by atoms with van der Waals surface area (Å²) in [6.45, 7) is 1.72. The third-order valence-electron chi connectivity index (χ3n) is 5.76. The van der Waals surface area contributed by atoms with Crippen LogP contribution in [0.2, 0.25) is 0 Å². The minimum atomic E-state index is -0.169. The maximum absolute atomic E-state index is 9.94. The average Bonchev–Trinajstić information content (AvgIpc) is 3.20. The first kappa shape index (κ1) is 21.1. The molecule has 0 spiro atoms. The Bertz CT molecular complexity index is 1020. The number of benzene rings is 1. The smallest absolute Gasteiger partial charge is 0.227 e. The molecule has 1 aromatic carbocycles. The molecule has 1 saturated carbocycles. The zero-order valence-corrected chi connectivity index (χ0v) is 18.1. The summed E-state index contributed by atoms with van der Waals surface area (Å²) in [7, 11) is 3.20. The van der Waals surface area contributed by atoms with E-state index in [1.54, 1.807) is 26.5 Å². The van der Waals surface area contributed by atoms with Crippen molar-refractivity contribution >= 4 is 11.6 Å². The van der Waals surface area contributed by atoms with Crippen LogP contribution in [0.4, 0.5) is 11.6 Å². The third kappa shape index (κ3) is 4.49. The van der Waals surface area contributed by atoms with Crippen LogP contribution in [0.3, 0.4) is 0 Å². The van der Waals surface area contributed by atoms with Gasteiger partial charge in [-0.1, -0.05) is 24.4 Å². The van der Waals surface area contributed by atoms with Gasteiger partial charge in [-0.15, -0.1) is 0 Å². The molecule has 1 fully saturated rings. The van der Waals surface area contributed by atoms with Gasteiger partial charge in [0.1, 0.15) is 17.3 Å². The van der Waals surface area contributed by atoms with Crippen LogP contribution in [-0.4, -0.2) is 34.5 Å². The Morgan fingerprint density at radius 2 is 1.81 bits per heavy atom. The number of nitrogens with one attached hydrogen (secondary N) is 1. The fourth-order valence-electron chi connectivity index (χ4n) is 4.14. The second-order valence-corrected chi connectivity index (χ2v) is 7.79. The van der Waals surface area contributed by atoms with Crippen molar-refractivity contribution in [2.45, 2.75) is 51.6 Å². The van der Waals surface area contributed by atoms with Crippen molar-refractivity contribution < 1.29 is 19.1 Å². The van der Waals surface area contributed by atoms with E-state index in [4.69, 9.17) is 19.0 Å². The Hall–Kier alpha value is -3.13. The molecule has 0 bridgehead atoms. The van der Waals surface area contributed by atoms with E-state index in [0.29, 0.717) is 40.4 Å². The van der Waals surface area contributed by atoms with Crippen LogP contribution >= 0.6 is 0 Å². The number of aromatic nitrogens is 3. The van der Waals surface area contributed by atoms with Gasteiger partial charge in [0.25, 0.3) is 0 Å². The molecule has 0 aliphatic heterocycles. The molecule has 0 unspecified atom stereocenters. The van der Waals surface area contributed by atoms with E-state index in [1.807, 2.05) is 19.1 Å². The van der Waals surface area contributed by atoms with Crippen molar-refractivity contribution in [2.75, 3.05) is 19.5 Å². The van der Waals surface area contributed by atoms with Crippen LogP contribution in [0.25, 0.3) is 11.3 Å². The summed E-state index contributed by atoms with van der Waals surface area (Å²) >= 11 is 0. The van der Waals surface area contributed by atoms with Crippen molar-refractivity contribution in [3.8, 4) is 22.8 Å². The Kier molecular flexibility index (Phi) is 6.36. The first-order chi connectivity index (χ1) is 15.1. The number of hydrogen-bond donors (Lipinski definition) is 2. The average molecular weight is 425 g/mol. The monoisotopic (exact) mass is 424 g/mol. The van der Waals surface area contributed by atoms with Gasteiger partial charge in [0.05, 0.1) is 37.8 Å². The van der Waals surface area contributed by atoms with Crippen molar-refractivity contribution in [3.63, 3.8) is 0 Å². The summed E-state index contributed by atoms with van der Waals surface area (Å²) in [4.78, 5) is 9.13. The molecule has 1 aliphatic carbocycles. The molecule has 4 rings (SSSR count). The van der Waals surface area contributed by atoms with Gasteiger partial charge in [0.2, 0.25) is 5.95 Å². The van der Waals surface area contributed by atoms with E-state index in [-0.39, 0.29) is 6.61 Å². The quantitative estimate of drug-likeness (QED) is 0.561. The van der Waals surface area contributed by atoms with E-state index < -0.39 is 0 Å². The van der Waals surface area contributed by atoms with Gasteiger partial charge in [-0.05, 0) is 19.8 Å². The highest BCUT2D eigenvalue weighted by Crippen LogP contribution is 2.40. The number of aliphatic hydroxyl groups is 1. The number of aliphatic hydroxyl groups excluding tert-OH is 1. The summed E-state index contributed by atoms with van der Waals surface area (Å²) < 4.78 is 16.3. The van der Waals surface area contributed by atoms with Crippen molar-refractivity contribution in [1.82, 2.24) is 15.1 Å². The SMILES string of the molecule is COc1cc(Nc2ncc(CO)c(-c3c(C4CCCCC4)noc3C)n2)cc(OC)c1. The Labute approximate surface area is 181 Å². The van der Waals surface area contributed by atoms with Gasteiger partial charge in [0, 0.05) is 41.6 Å². The lowest BCUT2D eigenvalue weighted by Crippen LogP contribution is -2.08. The van der Waals surface area contributed by atoms with E-state index in [2.05, 4.69) is 15.5 Å². The second-order valence-electron chi connectivity index (χ2n) is 7.79. The first-order valence-corrected chi connectivity index (χ1v) is 10.6. The second kappa shape index (κ2) is 9.34. The molecular formula is C23H28N4O4. The number of nitrogens with zero attached hydrogens (tertiary/aromatic N) is 3. The summed E-state index contributed by atoms with van der Waals surface area (Å²) in [6, 6.07) is 5.47. The van der Waals surface area contributed by atoms with Gasteiger partial charge in [0.15, 0.2) is 0 Å². The molecule has 0 atom stereocenters. The highest BCUT2D eigenvalue weighted by molar-refractivity contribution is 5.70. The Balaban J connectivity index is 1.72. The standard InChI is InChI=1S/C23H28N4O4/c1-14-20(22(27-31-14)15-7-5-4-6-8-15)21-16(13-28)12-24-23(26-21)25-17-9-18(29-2)11-19(10-17)30-3/h9-12,15,28H,4-8,13H2,1-3H3,(H,24,25,26). The van der Waals surface area contributed by atoms with Crippen molar-refractivity contribution in [3.05, 3.63) is 41.4 Å². The summed E-state index contributed by atoms with van der Waals surface area (Å²) in [5.41, 5.74) is 3.81. The minimum absolute atomic E-state index is 0.169. The molecule has 31 heavy (non-hydrogen) atoms. The lowest BCUT2D eigenvalue weighted by molar-refractivity contribution is 0.281. The largest absolute Gasteiger partial charge is 0.497 e. The minimum Gasteiger partial charge on any atom is -0.497 e. The molecule has 164 valence electrons. The van der Waals surface area contributed by atoms with Crippen molar-refractivity contribution in [1.29, 1.82) is 0 Å². The number of aryl methyl sites for hydroxylation is 1. The molecule has 0 amide bonds. The van der Waals surface area contributed by atoms with Crippen LogP contribution in [-0.2, 0) is 6.61 Å². The zero-order chi connectivity index (χ0) is 21.8. The van der Waals surface area contributed by atoms with Crippen LogP contribution < -0.4 is 14.8 Å². The number of methoxy groups -OCH3 is 2. The first-order valence-electron chi connectivity index (χ1n) is 10.6. The molecule has 2 N–H and O–H groups in total. The lowest BCUT2D eigenvalue weighted by Gasteiger charge is -2.20. The molecule has 1 aliphatic rings. The molecule has 2 aromatic heterocycles. The highest BCUT2D eigenvalue weighted by Gasteiger charge is 2.27.